The average Bonchev–Trinajstić information content (AvgIpc) is 3.50. The quantitative estimate of drug-likeness (QED) is 0.458. The Morgan fingerprint density at radius 2 is 2.03 bits per heavy atom. The first-order valence-electron chi connectivity index (χ1n) is 11.5. The van der Waals surface area contributed by atoms with Crippen LogP contribution < -0.4 is 0 Å². The van der Waals surface area contributed by atoms with Crippen LogP contribution in [0.15, 0.2) is 51.2 Å². The number of carbonyl (C=O) groups is 1. The molecule has 0 aliphatic carbocycles. The van der Waals surface area contributed by atoms with E-state index >= 15 is 0 Å². The van der Waals surface area contributed by atoms with Gasteiger partial charge in [0.05, 0.1) is 15.7 Å². The minimum Gasteiger partial charge on any atom is -0.337 e. The van der Waals surface area contributed by atoms with Gasteiger partial charge in [-0.15, -0.1) is 11.3 Å². The van der Waals surface area contributed by atoms with E-state index in [2.05, 4.69) is 10.1 Å². The predicted octanol–water partition coefficient (Wildman–Crippen LogP) is 4.19. The number of carbonyl (C=O) groups excluding carboxylic acids is 1. The number of piperidine rings is 1. The molecule has 1 fully saturated rings. The molecule has 0 N–H and O–H groups in total. The van der Waals surface area contributed by atoms with Crippen LogP contribution in [0.4, 0.5) is 0 Å². The second-order valence-electron chi connectivity index (χ2n) is 9.12. The van der Waals surface area contributed by atoms with Gasteiger partial charge < -0.3 is 9.42 Å². The van der Waals surface area contributed by atoms with Crippen LogP contribution in [0.1, 0.15) is 38.1 Å². The molecule has 1 aliphatic rings. The summed E-state index contributed by atoms with van der Waals surface area (Å²) in [7, 11) is -3.65. The Morgan fingerprint density at radius 3 is 2.71 bits per heavy atom. The van der Waals surface area contributed by atoms with E-state index in [0.717, 1.165) is 10.4 Å². The molecule has 1 aromatic carbocycles. The maximum Gasteiger partial charge on any atom is 0.246 e. The van der Waals surface area contributed by atoms with Gasteiger partial charge in [-0.05, 0) is 49.3 Å². The van der Waals surface area contributed by atoms with Gasteiger partial charge in [0.1, 0.15) is 6.54 Å². The van der Waals surface area contributed by atoms with E-state index in [-0.39, 0.29) is 29.8 Å². The second kappa shape index (κ2) is 10.4. The van der Waals surface area contributed by atoms with Crippen LogP contribution >= 0.6 is 11.3 Å². The number of hydrogen-bond acceptors (Lipinski definition) is 7. The highest BCUT2D eigenvalue weighted by Crippen LogP contribution is 2.27. The molecule has 3 heterocycles. The maximum absolute atomic E-state index is 13.5. The Hall–Kier alpha value is -2.56. The lowest BCUT2D eigenvalue weighted by Crippen LogP contribution is -2.47. The zero-order valence-corrected chi connectivity index (χ0v) is 21.3. The van der Waals surface area contributed by atoms with Crippen molar-refractivity contribution in [2.75, 3.05) is 19.6 Å². The van der Waals surface area contributed by atoms with E-state index < -0.39 is 15.9 Å². The van der Waals surface area contributed by atoms with E-state index in [1.54, 1.807) is 29.2 Å². The van der Waals surface area contributed by atoms with Crippen molar-refractivity contribution in [3.8, 4) is 10.7 Å². The summed E-state index contributed by atoms with van der Waals surface area (Å²) in [5.74, 6) is 0.632. The molecule has 182 valence electrons. The van der Waals surface area contributed by atoms with E-state index in [9.17, 15) is 13.2 Å². The molecule has 1 atom stereocenters. The largest absolute Gasteiger partial charge is 0.337 e. The minimum atomic E-state index is -3.65. The topological polar surface area (TPSA) is 96.6 Å². The lowest BCUT2D eigenvalue weighted by atomic mass is 9.97. The molecule has 3 aromatic rings. The fourth-order valence-electron chi connectivity index (χ4n) is 4.14. The Kier molecular flexibility index (Phi) is 7.49. The van der Waals surface area contributed by atoms with Crippen molar-refractivity contribution >= 4 is 27.3 Å². The molecule has 4 rings (SSSR count). The predicted molar refractivity (Wildman–Crippen MR) is 131 cm³/mol. The molecule has 0 saturated carbocycles. The first kappa shape index (κ1) is 24.6. The number of benzene rings is 1. The summed E-state index contributed by atoms with van der Waals surface area (Å²) < 4.78 is 33.2. The lowest BCUT2D eigenvalue weighted by molar-refractivity contribution is -0.138. The van der Waals surface area contributed by atoms with Crippen molar-refractivity contribution < 1.29 is 17.7 Å². The number of rotatable bonds is 8. The van der Waals surface area contributed by atoms with Gasteiger partial charge in [-0.3, -0.25) is 4.79 Å². The van der Waals surface area contributed by atoms with Crippen molar-refractivity contribution in [3.05, 3.63) is 53.2 Å². The van der Waals surface area contributed by atoms with E-state index in [0.29, 0.717) is 37.6 Å². The Labute approximate surface area is 204 Å². The number of aromatic nitrogens is 2. The average molecular weight is 503 g/mol. The van der Waals surface area contributed by atoms with Crippen LogP contribution in [0.25, 0.3) is 10.7 Å². The normalized spacial score (nSPS) is 17.2. The summed E-state index contributed by atoms with van der Waals surface area (Å²) in [4.78, 5) is 20.9. The van der Waals surface area contributed by atoms with Crippen LogP contribution in [-0.2, 0) is 21.4 Å². The lowest BCUT2D eigenvalue weighted by Gasteiger charge is -2.34. The summed E-state index contributed by atoms with van der Waals surface area (Å²) >= 11 is 1.52. The third-order valence-corrected chi connectivity index (χ3v) is 8.57. The van der Waals surface area contributed by atoms with Gasteiger partial charge in [0.2, 0.25) is 27.6 Å². The second-order valence-corrected chi connectivity index (χ2v) is 12.0. The molecule has 1 amide bonds. The fourth-order valence-corrected chi connectivity index (χ4v) is 6.31. The molecule has 1 saturated heterocycles. The van der Waals surface area contributed by atoms with Crippen molar-refractivity contribution in [1.29, 1.82) is 0 Å². The van der Waals surface area contributed by atoms with Gasteiger partial charge in [-0.2, -0.15) is 9.29 Å². The van der Waals surface area contributed by atoms with Gasteiger partial charge >= 0.3 is 0 Å². The summed E-state index contributed by atoms with van der Waals surface area (Å²) in [6, 6.07) is 10.7. The van der Waals surface area contributed by atoms with Gasteiger partial charge in [-0.25, -0.2) is 8.42 Å². The Balaban J connectivity index is 1.49. The molecule has 0 bridgehead atoms. The Morgan fingerprint density at radius 1 is 1.26 bits per heavy atom. The van der Waals surface area contributed by atoms with Crippen molar-refractivity contribution in [1.82, 2.24) is 19.3 Å². The van der Waals surface area contributed by atoms with Crippen LogP contribution in [0.5, 0.6) is 0 Å². The van der Waals surface area contributed by atoms with Gasteiger partial charge in [-0.1, -0.05) is 42.8 Å². The Bertz CT molecular complexity index is 1200. The monoisotopic (exact) mass is 502 g/mol. The van der Waals surface area contributed by atoms with Gasteiger partial charge in [0.15, 0.2) is 0 Å². The van der Waals surface area contributed by atoms with E-state index in [1.165, 1.54) is 15.6 Å². The summed E-state index contributed by atoms with van der Waals surface area (Å²) in [6.07, 6.45) is 1.29. The first-order chi connectivity index (χ1) is 16.2. The van der Waals surface area contributed by atoms with Crippen LogP contribution in [0, 0.1) is 18.8 Å². The maximum atomic E-state index is 13.5. The molecule has 0 unspecified atom stereocenters. The van der Waals surface area contributed by atoms with Crippen LogP contribution in [-0.4, -0.2) is 53.3 Å². The van der Waals surface area contributed by atoms with E-state index in [1.807, 2.05) is 38.3 Å². The standard InChI is InChI=1S/C24H30N4O4S2/c1-17(2)14-27(16-22-25-23(26-32-22)21-7-5-13-33-21)24(29)19-6-4-12-28(15-19)34(30,31)20-10-8-18(3)9-11-20/h5,7-11,13,17,19H,4,6,12,14-16H2,1-3H3/t19-/m1/s1. The zero-order valence-electron chi connectivity index (χ0n) is 19.7. The molecular weight excluding hydrogens is 472 g/mol. The van der Waals surface area contributed by atoms with Crippen LogP contribution in [0.3, 0.4) is 0 Å². The molecule has 0 radical (unpaired) electrons. The van der Waals surface area contributed by atoms with Crippen molar-refractivity contribution in [2.45, 2.75) is 45.1 Å². The molecule has 10 heteroatoms. The number of aryl methyl sites for hydroxylation is 1. The number of amides is 1. The molecule has 0 spiro atoms. The van der Waals surface area contributed by atoms with Crippen LogP contribution in [0.2, 0.25) is 0 Å². The fraction of sp³-hybridized carbons (Fsp3) is 0.458. The number of nitrogens with zero attached hydrogens (tertiary/aromatic N) is 4. The third kappa shape index (κ3) is 5.56. The molecule has 8 nitrogen and oxygen atoms in total. The first-order valence-corrected chi connectivity index (χ1v) is 13.8. The smallest absolute Gasteiger partial charge is 0.246 e. The van der Waals surface area contributed by atoms with Crippen molar-refractivity contribution in [3.63, 3.8) is 0 Å². The number of thiophene rings is 1. The molecule has 1 aliphatic heterocycles. The molecular formula is C24H30N4O4S2. The highest BCUT2D eigenvalue weighted by Gasteiger charge is 2.35. The zero-order chi connectivity index (χ0) is 24.3. The minimum absolute atomic E-state index is 0.0756. The molecule has 34 heavy (non-hydrogen) atoms. The SMILES string of the molecule is Cc1ccc(S(=O)(=O)N2CCC[C@@H](C(=O)N(Cc3nc(-c4cccs4)no3)CC(C)C)C2)cc1. The highest BCUT2D eigenvalue weighted by atomic mass is 32.2. The van der Waals surface area contributed by atoms with Crippen molar-refractivity contribution in [2.24, 2.45) is 11.8 Å². The summed E-state index contributed by atoms with van der Waals surface area (Å²) in [5.41, 5.74) is 0.998. The molecule has 2 aromatic heterocycles. The number of sulfonamides is 1. The van der Waals surface area contributed by atoms with E-state index in [4.69, 9.17) is 4.52 Å². The summed E-state index contributed by atoms with van der Waals surface area (Å²) in [5, 5.41) is 5.99. The van der Waals surface area contributed by atoms with Gasteiger partial charge in [0, 0.05) is 19.6 Å². The third-order valence-electron chi connectivity index (χ3n) is 5.83. The van der Waals surface area contributed by atoms with Gasteiger partial charge in [0.25, 0.3) is 0 Å². The number of hydrogen-bond donors (Lipinski definition) is 0. The highest BCUT2D eigenvalue weighted by molar-refractivity contribution is 7.89. The summed E-state index contributed by atoms with van der Waals surface area (Å²) in [6.45, 7) is 7.32.